The second-order valence-electron chi connectivity index (χ2n) is 5.84. The molecule has 3 rings (SSSR count). The van der Waals surface area contributed by atoms with Gasteiger partial charge in [-0.1, -0.05) is 18.2 Å². The van der Waals surface area contributed by atoms with Crippen LogP contribution in [-0.2, 0) is 9.59 Å². The van der Waals surface area contributed by atoms with Gasteiger partial charge in [-0.25, -0.2) is 0 Å². The van der Waals surface area contributed by atoms with Crippen LogP contribution in [0.5, 0.6) is 5.75 Å². The number of nitrogens with zero attached hydrogens (tertiary/aromatic N) is 2. The molecule has 1 unspecified atom stereocenters. The van der Waals surface area contributed by atoms with Crippen molar-refractivity contribution >= 4 is 23.2 Å². The lowest BCUT2D eigenvalue weighted by Crippen LogP contribution is -2.34. The summed E-state index contributed by atoms with van der Waals surface area (Å²) < 4.78 is 5.13. The van der Waals surface area contributed by atoms with E-state index >= 15 is 0 Å². The molecule has 1 saturated heterocycles. The van der Waals surface area contributed by atoms with Crippen LogP contribution >= 0.6 is 0 Å². The Morgan fingerprint density at radius 1 is 1.12 bits per heavy atom. The lowest BCUT2D eigenvalue weighted by atomic mass is 10.1. The van der Waals surface area contributed by atoms with Gasteiger partial charge in [-0.3, -0.25) is 9.59 Å². The zero-order chi connectivity index (χ0) is 17.1. The summed E-state index contributed by atoms with van der Waals surface area (Å²) in [4.78, 5) is 28.3. The first-order valence-corrected chi connectivity index (χ1v) is 7.87. The highest BCUT2D eigenvalue weighted by atomic mass is 16.5. The number of carbonyl (C=O) groups excluding carboxylic acids is 2. The summed E-state index contributed by atoms with van der Waals surface area (Å²) in [7, 11) is 3.35. The maximum absolute atomic E-state index is 12.7. The van der Waals surface area contributed by atoms with E-state index in [1.165, 1.54) is 0 Å². The third-order valence-corrected chi connectivity index (χ3v) is 4.33. The van der Waals surface area contributed by atoms with Gasteiger partial charge in [-0.05, 0) is 36.4 Å². The molecule has 1 aliphatic heterocycles. The quantitative estimate of drug-likeness (QED) is 0.869. The van der Waals surface area contributed by atoms with Crippen LogP contribution in [0.3, 0.4) is 0 Å². The lowest BCUT2D eigenvalue weighted by Gasteiger charge is -2.21. The van der Waals surface area contributed by atoms with Crippen molar-refractivity contribution in [2.24, 2.45) is 5.92 Å². The van der Waals surface area contributed by atoms with Gasteiger partial charge in [0, 0.05) is 31.4 Å². The number of anilines is 2. The molecule has 2 aromatic carbocycles. The van der Waals surface area contributed by atoms with Gasteiger partial charge in [0.05, 0.1) is 13.0 Å². The van der Waals surface area contributed by atoms with Crippen LogP contribution in [0.1, 0.15) is 6.42 Å². The van der Waals surface area contributed by atoms with Gasteiger partial charge in [0.2, 0.25) is 11.8 Å². The third kappa shape index (κ3) is 3.11. The average Bonchev–Trinajstić information content (AvgIpc) is 3.03. The molecule has 124 valence electrons. The van der Waals surface area contributed by atoms with E-state index in [1.54, 1.807) is 24.0 Å². The zero-order valence-corrected chi connectivity index (χ0v) is 13.8. The molecule has 0 radical (unpaired) electrons. The standard InChI is InChI=1S/C19H20N2O3/c1-20(15-6-4-3-5-7-15)19(23)14-12-18(22)21(13-14)16-8-10-17(24-2)11-9-16/h3-11,14H,12-13H2,1-2H3. The number of ether oxygens (including phenoxy) is 1. The number of amides is 2. The molecule has 0 spiro atoms. The molecule has 0 aliphatic carbocycles. The Morgan fingerprint density at radius 3 is 2.42 bits per heavy atom. The molecule has 0 bridgehead atoms. The second kappa shape index (κ2) is 6.74. The zero-order valence-electron chi connectivity index (χ0n) is 13.8. The number of hydrogen-bond acceptors (Lipinski definition) is 3. The van der Waals surface area contributed by atoms with Crippen LogP contribution in [0.15, 0.2) is 54.6 Å². The highest BCUT2D eigenvalue weighted by Crippen LogP contribution is 2.28. The highest BCUT2D eigenvalue weighted by Gasteiger charge is 2.36. The van der Waals surface area contributed by atoms with Crippen LogP contribution in [0, 0.1) is 5.92 Å². The van der Waals surface area contributed by atoms with E-state index in [4.69, 9.17) is 4.74 Å². The van der Waals surface area contributed by atoms with Crippen LogP contribution in [0.25, 0.3) is 0 Å². The van der Waals surface area contributed by atoms with Crippen molar-refractivity contribution in [2.45, 2.75) is 6.42 Å². The van der Waals surface area contributed by atoms with E-state index in [0.29, 0.717) is 6.54 Å². The summed E-state index contributed by atoms with van der Waals surface area (Å²) in [5.74, 6) is 0.345. The van der Waals surface area contributed by atoms with E-state index < -0.39 is 0 Å². The molecular weight excluding hydrogens is 304 g/mol. The van der Waals surface area contributed by atoms with Crippen molar-refractivity contribution in [1.82, 2.24) is 0 Å². The first-order valence-electron chi connectivity index (χ1n) is 7.87. The van der Waals surface area contributed by atoms with Gasteiger partial charge in [0.1, 0.15) is 5.75 Å². The van der Waals surface area contributed by atoms with Crippen LogP contribution < -0.4 is 14.5 Å². The molecular formula is C19H20N2O3. The molecule has 5 heteroatoms. The molecule has 2 amide bonds. The van der Waals surface area contributed by atoms with Gasteiger partial charge in [0.25, 0.3) is 0 Å². The molecule has 0 aromatic heterocycles. The van der Waals surface area contributed by atoms with Crippen molar-refractivity contribution in [3.05, 3.63) is 54.6 Å². The Bertz CT molecular complexity index is 728. The fraction of sp³-hybridized carbons (Fsp3) is 0.263. The van der Waals surface area contributed by atoms with Crippen LogP contribution in [0.4, 0.5) is 11.4 Å². The first kappa shape index (κ1) is 16.1. The number of hydrogen-bond donors (Lipinski definition) is 0. The Kier molecular flexibility index (Phi) is 4.51. The van der Waals surface area contributed by atoms with Crippen molar-refractivity contribution < 1.29 is 14.3 Å². The number of carbonyl (C=O) groups is 2. The molecule has 5 nitrogen and oxygen atoms in total. The molecule has 1 fully saturated rings. The van der Waals surface area contributed by atoms with E-state index in [-0.39, 0.29) is 24.2 Å². The summed E-state index contributed by atoms with van der Waals surface area (Å²) in [6, 6.07) is 16.8. The van der Waals surface area contributed by atoms with Crippen LogP contribution in [0.2, 0.25) is 0 Å². The average molecular weight is 324 g/mol. The van der Waals surface area contributed by atoms with E-state index in [2.05, 4.69) is 0 Å². The van der Waals surface area contributed by atoms with E-state index in [1.807, 2.05) is 54.6 Å². The number of benzene rings is 2. The topological polar surface area (TPSA) is 49.9 Å². The van der Waals surface area contributed by atoms with Gasteiger partial charge in [-0.2, -0.15) is 0 Å². The predicted molar refractivity (Wildman–Crippen MR) is 93.3 cm³/mol. The largest absolute Gasteiger partial charge is 0.497 e. The van der Waals surface area contributed by atoms with Crippen molar-refractivity contribution in [1.29, 1.82) is 0 Å². The molecule has 1 atom stereocenters. The van der Waals surface area contributed by atoms with Crippen molar-refractivity contribution in [3.63, 3.8) is 0 Å². The van der Waals surface area contributed by atoms with E-state index in [9.17, 15) is 9.59 Å². The second-order valence-corrected chi connectivity index (χ2v) is 5.84. The number of rotatable bonds is 4. The maximum Gasteiger partial charge on any atom is 0.232 e. The molecule has 24 heavy (non-hydrogen) atoms. The highest BCUT2D eigenvalue weighted by molar-refractivity contribution is 6.04. The van der Waals surface area contributed by atoms with Crippen molar-refractivity contribution in [2.75, 3.05) is 30.5 Å². The SMILES string of the molecule is COc1ccc(N2CC(C(=O)N(C)c3ccccc3)CC2=O)cc1. The third-order valence-electron chi connectivity index (χ3n) is 4.33. The first-order chi connectivity index (χ1) is 11.6. The summed E-state index contributed by atoms with van der Waals surface area (Å²) in [6.07, 6.45) is 0.238. The monoisotopic (exact) mass is 324 g/mol. The Morgan fingerprint density at radius 2 is 1.79 bits per heavy atom. The Balaban J connectivity index is 1.73. The fourth-order valence-corrected chi connectivity index (χ4v) is 2.94. The number of methoxy groups -OCH3 is 1. The molecule has 1 aliphatic rings. The smallest absolute Gasteiger partial charge is 0.232 e. The van der Waals surface area contributed by atoms with Gasteiger partial charge < -0.3 is 14.5 Å². The van der Waals surface area contributed by atoms with E-state index in [0.717, 1.165) is 17.1 Å². The summed E-state index contributed by atoms with van der Waals surface area (Å²) in [6.45, 7) is 0.404. The fourth-order valence-electron chi connectivity index (χ4n) is 2.94. The normalized spacial score (nSPS) is 17.0. The number of para-hydroxylation sites is 1. The Labute approximate surface area is 141 Å². The molecule has 0 N–H and O–H groups in total. The predicted octanol–water partition coefficient (Wildman–Crippen LogP) is 2.71. The lowest BCUT2D eigenvalue weighted by molar-refractivity contribution is -0.124. The summed E-state index contributed by atoms with van der Waals surface area (Å²) in [5.41, 5.74) is 1.62. The van der Waals surface area contributed by atoms with Gasteiger partial charge >= 0.3 is 0 Å². The minimum Gasteiger partial charge on any atom is -0.497 e. The minimum atomic E-state index is -0.329. The molecule has 1 heterocycles. The van der Waals surface area contributed by atoms with Crippen molar-refractivity contribution in [3.8, 4) is 5.75 Å². The summed E-state index contributed by atoms with van der Waals surface area (Å²) >= 11 is 0. The van der Waals surface area contributed by atoms with Gasteiger partial charge in [-0.15, -0.1) is 0 Å². The van der Waals surface area contributed by atoms with Gasteiger partial charge in [0.15, 0.2) is 0 Å². The maximum atomic E-state index is 12.7. The molecule has 0 saturated carbocycles. The molecule has 2 aromatic rings. The Hall–Kier alpha value is -2.82. The summed E-state index contributed by atoms with van der Waals surface area (Å²) in [5, 5.41) is 0. The van der Waals surface area contributed by atoms with Crippen LogP contribution in [-0.4, -0.2) is 32.5 Å². The minimum absolute atomic E-state index is 0.0278.